The van der Waals surface area contributed by atoms with Gasteiger partial charge in [0.15, 0.2) is 0 Å². The predicted octanol–water partition coefficient (Wildman–Crippen LogP) is 4.14. The SMILES string of the molecule is NC(=NCc1cccc(C(F)(F)F)c1)C1CCCCC1. The van der Waals surface area contributed by atoms with Crippen molar-refractivity contribution >= 4 is 5.84 Å². The van der Waals surface area contributed by atoms with Gasteiger partial charge in [0.2, 0.25) is 0 Å². The number of halogens is 3. The van der Waals surface area contributed by atoms with Gasteiger partial charge in [-0.3, -0.25) is 4.99 Å². The Morgan fingerprint density at radius 2 is 1.90 bits per heavy atom. The van der Waals surface area contributed by atoms with E-state index < -0.39 is 11.7 Å². The fourth-order valence-corrected chi connectivity index (χ4v) is 2.56. The molecule has 0 bridgehead atoms. The van der Waals surface area contributed by atoms with Gasteiger partial charge in [0.25, 0.3) is 0 Å². The van der Waals surface area contributed by atoms with Crippen molar-refractivity contribution in [3.05, 3.63) is 35.4 Å². The van der Waals surface area contributed by atoms with Crippen LogP contribution in [-0.2, 0) is 12.7 Å². The maximum absolute atomic E-state index is 12.6. The second-order valence-electron chi connectivity index (χ2n) is 5.27. The zero-order valence-electron chi connectivity index (χ0n) is 11.3. The molecule has 0 amide bonds. The first-order valence-electron chi connectivity index (χ1n) is 6.93. The Hall–Kier alpha value is -1.52. The summed E-state index contributed by atoms with van der Waals surface area (Å²) in [6, 6.07) is 5.26. The molecule has 0 radical (unpaired) electrons. The number of aliphatic imine (C=N–C) groups is 1. The van der Waals surface area contributed by atoms with Crippen LogP contribution in [0.1, 0.15) is 43.2 Å². The third-order valence-electron chi connectivity index (χ3n) is 3.72. The molecule has 1 aromatic carbocycles. The second kappa shape index (κ2) is 6.29. The lowest BCUT2D eigenvalue weighted by Gasteiger charge is -2.20. The quantitative estimate of drug-likeness (QED) is 0.657. The van der Waals surface area contributed by atoms with E-state index in [1.165, 1.54) is 12.5 Å². The highest BCUT2D eigenvalue weighted by atomic mass is 19.4. The fraction of sp³-hybridized carbons (Fsp3) is 0.533. The Bertz CT molecular complexity index is 474. The third kappa shape index (κ3) is 3.99. The molecular weight excluding hydrogens is 265 g/mol. The molecule has 1 aliphatic rings. The van der Waals surface area contributed by atoms with Crippen molar-refractivity contribution < 1.29 is 13.2 Å². The van der Waals surface area contributed by atoms with E-state index in [4.69, 9.17) is 5.73 Å². The number of hydrogen-bond donors (Lipinski definition) is 1. The number of rotatable bonds is 3. The average Bonchev–Trinajstić information content (AvgIpc) is 2.45. The summed E-state index contributed by atoms with van der Waals surface area (Å²) >= 11 is 0. The van der Waals surface area contributed by atoms with Crippen LogP contribution in [0.4, 0.5) is 13.2 Å². The molecule has 0 aliphatic heterocycles. The number of nitrogens with two attached hydrogens (primary N) is 1. The number of nitrogens with zero attached hydrogens (tertiary/aromatic N) is 1. The lowest BCUT2D eigenvalue weighted by Crippen LogP contribution is -2.25. The van der Waals surface area contributed by atoms with E-state index in [0.29, 0.717) is 17.3 Å². The molecule has 2 rings (SSSR count). The first-order valence-corrected chi connectivity index (χ1v) is 6.93. The van der Waals surface area contributed by atoms with Crippen molar-refractivity contribution in [1.29, 1.82) is 0 Å². The predicted molar refractivity (Wildman–Crippen MR) is 73.3 cm³/mol. The van der Waals surface area contributed by atoms with Crippen molar-refractivity contribution in [3.8, 4) is 0 Å². The van der Waals surface area contributed by atoms with Crippen molar-refractivity contribution in [3.63, 3.8) is 0 Å². The zero-order valence-corrected chi connectivity index (χ0v) is 11.3. The summed E-state index contributed by atoms with van der Waals surface area (Å²) in [5.41, 5.74) is 5.85. The van der Waals surface area contributed by atoms with E-state index in [0.717, 1.165) is 37.8 Å². The van der Waals surface area contributed by atoms with Crippen LogP contribution in [0.15, 0.2) is 29.3 Å². The smallest absolute Gasteiger partial charge is 0.387 e. The molecule has 1 saturated carbocycles. The summed E-state index contributed by atoms with van der Waals surface area (Å²) in [4.78, 5) is 4.27. The number of alkyl halides is 3. The van der Waals surface area contributed by atoms with Crippen LogP contribution in [0.2, 0.25) is 0 Å². The summed E-state index contributed by atoms with van der Waals surface area (Å²) in [7, 11) is 0. The molecule has 1 aromatic rings. The van der Waals surface area contributed by atoms with Gasteiger partial charge >= 0.3 is 6.18 Å². The molecule has 0 unspecified atom stereocenters. The van der Waals surface area contributed by atoms with Crippen molar-refractivity contribution in [2.75, 3.05) is 0 Å². The largest absolute Gasteiger partial charge is 0.416 e. The zero-order chi connectivity index (χ0) is 14.6. The van der Waals surface area contributed by atoms with E-state index in [1.807, 2.05) is 0 Å². The summed E-state index contributed by atoms with van der Waals surface area (Å²) in [5, 5.41) is 0. The minimum atomic E-state index is -4.31. The van der Waals surface area contributed by atoms with Gasteiger partial charge in [-0.15, -0.1) is 0 Å². The monoisotopic (exact) mass is 284 g/mol. The van der Waals surface area contributed by atoms with E-state index in [-0.39, 0.29) is 6.54 Å². The van der Waals surface area contributed by atoms with Gasteiger partial charge in [0.1, 0.15) is 0 Å². The van der Waals surface area contributed by atoms with Crippen LogP contribution in [0, 0.1) is 5.92 Å². The Morgan fingerprint density at radius 3 is 2.55 bits per heavy atom. The Morgan fingerprint density at radius 1 is 1.20 bits per heavy atom. The van der Waals surface area contributed by atoms with Crippen LogP contribution in [-0.4, -0.2) is 5.84 Å². The van der Waals surface area contributed by atoms with Crippen molar-refractivity contribution in [2.24, 2.45) is 16.6 Å². The number of amidine groups is 1. The van der Waals surface area contributed by atoms with E-state index in [9.17, 15) is 13.2 Å². The van der Waals surface area contributed by atoms with E-state index in [1.54, 1.807) is 6.07 Å². The highest BCUT2D eigenvalue weighted by Gasteiger charge is 2.30. The van der Waals surface area contributed by atoms with Gasteiger partial charge in [-0.2, -0.15) is 13.2 Å². The summed E-state index contributed by atoms with van der Waals surface area (Å²) in [5.74, 6) is 0.886. The first kappa shape index (κ1) is 14.9. The van der Waals surface area contributed by atoms with Crippen LogP contribution in [0.5, 0.6) is 0 Å². The van der Waals surface area contributed by atoms with Gasteiger partial charge in [0.05, 0.1) is 17.9 Å². The van der Waals surface area contributed by atoms with Gasteiger partial charge in [0, 0.05) is 5.92 Å². The topological polar surface area (TPSA) is 38.4 Å². The van der Waals surface area contributed by atoms with Crippen LogP contribution in [0.25, 0.3) is 0 Å². The molecule has 5 heteroatoms. The normalized spacial score (nSPS) is 18.2. The van der Waals surface area contributed by atoms with Gasteiger partial charge in [-0.05, 0) is 30.5 Å². The Kier molecular flexibility index (Phi) is 4.68. The van der Waals surface area contributed by atoms with E-state index in [2.05, 4.69) is 4.99 Å². The highest BCUT2D eigenvalue weighted by molar-refractivity contribution is 5.82. The lowest BCUT2D eigenvalue weighted by molar-refractivity contribution is -0.137. The minimum Gasteiger partial charge on any atom is -0.387 e. The van der Waals surface area contributed by atoms with Crippen LogP contribution < -0.4 is 5.73 Å². The third-order valence-corrected chi connectivity index (χ3v) is 3.72. The molecule has 2 nitrogen and oxygen atoms in total. The van der Waals surface area contributed by atoms with Crippen LogP contribution >= 0.6 is 0 Å². The Labute approximate surface area is 116 Å². The molecule has 1 aliphatic carbocycles. The highest BCUT2D eigenvalue weighted by Crippen LogP contribution is 2.29. The summed E-state index contributed by atoms with van der Waals surface area (Å²) in [6.45, 7) is 0.215. The minimum absolute atomic E-state index is 0.215. The molecule has 1 fully saturated rings. The van der Waals surface area contributed by atoms with E-state index >= 15 is 0 Å². The molecular formula is C15H19F3N2. The van der Waals surface area contributed by atoms with Gasteiger partial charge in [-0.1, -0.05) is 31.4 Å². The van der Waals surface area contributed by atoms with Crippen molar-refractivity contribution in [1.82, 2.24) is 0 Å². The molecule has 0 saturated heterocycles. The summed E-state index contributed by atoms with van der Waals surface area (Å²) in [6.07, 6.45) is 1.32. The molecule has 20 heavy (non-hydrogen) atoms. The van der Waals surface area contributed by atoms with Crippen LogP contribution in [0.3, 0.4) is 0 Å². The number of hydrogen-bond acceptors (Lipinski definition) is 1. The molecule has 0 heterocycles. The molecule has 0 atom stereocenters. The first-order chi connectivity index (χ1) is 9.47. The second-order valence-corrected chi connectivity index (χ2v) is 5.27. The molecule has 0 spiro atoms. The molecule has 110 valence electrons. The maximum Gasteiger partial charge on any atom is 0.416 e. The summed E-state index contributed by atoms with van der Waals surface area (Å²) < 4.78 is 37.8. The van der Waals surface area contributed by atoms with Crippen molar-refractivity contribution in [2.45, 2.75) is 44.8 Å². The molecule has 0 aromatic heterocycles. The van der Waals surface area contributed by atoms with Gasteiger partial charge in [-0.25, -0.2) is 0 Å². The van der Waals surface area contributed by atoms with Gasteiger partial charge < -0.3 is 5.73 Å². The maximum atomic E-state index is 12.6. The molecule has 2 N–H and O–H groups in total. The number of benzene rings is 1. The lowest BCUT2D eigenvalue weighted by atomic mass is 9.88. The standard InChI is InChI=1S/C15H19F3N2/c16-15(17,18)13-8-4-5-11(9-13)10-20-14(19)12-6-2-1-3-7-12/h4-5,8-9,12H,1-3,6-7,10H2,(H2,19,20). The fourth-order valence-electron chi connectivity index (χ4n) is 2.56. The average molecular weight is 284 g/mol. The Balaban J connectivity index is 2.02.